The highest BCUT2D eigenvalue weighted by Gasteiger charge is 2.19. The van der Waals surface area contributed by atoms with Gasteiger partial charge in [-0.1, -0.05) is 27.7 Å². The Kier molecular flexibility index (Phi) is 5.33. The summed E-state index contributed by atoms with van der Waals surface area (Å²) in [4.78, 5) is 19.6. The lowest BCUT2D eigenvalue weighted by atomic mass is 10.1. The Morgan fingerprint density at radius 3 is 2.33 bits per heavy atom. The summed E-state index contributed by atoms with van der Waals surface area (Å²) in [7, 11) is 1.45. The zero-order valence-corrected chi connectivity index (χ0v) is 14.4. The number of nitro benzene ring substituents is 1. The molecular weight excluding hydrogens is 310 g/mol. The van der Waals surface area contributed by atoms with E-state index in [1.54, 1.807) is 12.1 Å². The molecule has 0 unspecified atom stereocenters. The van der Waals surface area contributed by atoms with Crippen molar-refractivity contribution in [3.8, 4) is 17.4 Å². The fraction of sp³-hybridized carbons (Fsp3) is 0.412. The van der Waals surface area contributed by atoms with Crippen molar-refractivity contribution in [1.82, 2.24) is 9.97 Å². The summed E-state index contributed by atoms with van der Waals surface area (Å²) in [6.45, 7) is 8.01. The van der Waals surface area contributed by atoms with Crippen LogP contribution in [0.3, 0.4) is 0 Å². The van der Waals surface area contributed by atoms with Crippen LogP contribution in [0.5, 0.6) is 17.4 Å². The largest absolute Gasteiger partial charge is 0.496 e. The highest BCUT2D eigenvalue weighted by atomic mass is 16.6. The van der Waals surface area contributed by atoms with Crippen molar-refractivity contribution in [2.24, 2.45) is 0 Å². The lowest BCUT2D eigenvalue weighted by Crippen LogP contribution is -2.05. The van der Waals surface area contributed by atoms with Crippen molar-refractivity contribution in [2.75, 3.05) is 7.11 Å². The van der Waals surface area contributed by atoms with Gasteiger partial charge >= 0.3 is 5.69 Å². The van der Waals surface area contributed by atoms with Crippen molar-refractivity contribution in [1.29, 1.82) is 0 Å². The minimum absolute atomic E-state index is 0.115. The smallest absolute Gasteiger partial charge is 0.315 e. The first kappa shape index (κ1) is 17.7. The number of nitro groups is 1. The van der Waals surface area contributed by atoms with Gasteiger partial charge in [0.05, 0.1) is 23.8 Å². The molecule has 2 rings (SSSR count). The van der Waals surface area contributed by atoms with E-state index in [4.69, 9.17) is 9.47 Å². The van der Waals surface area contributed by atoms with Crippen molar-refractivity contribution < 1.29 is 14.4 Å². The Morgan fingerprint density at radius 1 is 1.08 bits per heavy atom. The van der Waals surface area contributed by atoms with E-state index in [2.05, 4.69) is 9.97 Å². The molecule has 0 saturated carbocycles. The van der Waals surface area contributed by atoms with Gasteiger partial charge in [0.25, 0.3) is 0 Å². The molecule has 1 heterocycles. The van der Waals surface area contributed by atoms with Gasteiger partial charge in [-0.05, 0) is 18.1 Å². The van der Waals surface area contributed by atoms with Gasteiger partial charge in [-0.3, -0.25) is 10.1 Å². The number of benzene rings is 1. The summed E-state index contributed by atoms with van der Waals surface area (Å²) in [6.07, 6.45) is 0. The number of ether oxygens (including phenoxy) is 2. The molecule has 0 aliphatic heterocycles. The fourth-order valence-corrected chi connectivity index (χ4v) is 2.03. The number of aromatic nitrogens is 2. The summed E-state index contributed by atoms with van der Waals surface area (Å²) in [5.74, 6) is 1.76. The third-order valence-corrected chi connectivity index (χ3v) is 3.43. The number of rotatable bonds is 6. The van der Waals surface area contributed by atoms with Gasteiger partial charge in [0, 0.05) is 12.0 Å². The van der Waals surface area contributed by atoms with Crippen LogP contribution in [-0.2, 0) is 0 Å². The topological polar surface area (TPSA) is 87.4 Å². The Hall–Kier alpha value is -2.70. The maximum Gasteiger partial charge on any atom is 0.315 e. The molecule has 0 saturated heterocycles. The zero-order valence-electron chi connectivity index (χ0n) is 14.4. The van der Waals surface area contributed by atoms with E-state index in [1.807, 2.05) is 27.7 Å². The van der Waals surface area contributed by atoms with Crippen molar-refractivity contribution in [2.45, 2.75) is 39.5 Å². The number of methoxy groups -OCH3 is 1. The van der Waals surface area contributed by atoms with Gasteiger partial charge in [0.15, 0.2) is 0 Å². The third kappa shape index (κ3) is 3.98. The second-order valence-electron chi connectivity index (χ2n) is 5.99. The monoisotopic (exact) mass is 331 g/mol. The van der Waals surface area contributed by atoms with Crippen LogP contribution in [0.15, 0.2) is 24.3 Å². The van der Waals surface area contributed by atoms with Crippen LogP contribution >= 0.6 is 0 Å². The maximum absolute atomic E-state index is 11.3. The molecule has 24 heavy (non-hydrogen) atoms. The van der Waals surface area contributed by atoms with E-state index in [0.717, 1.165) is 5.69 Å². The molecule has 0 aliphatic rings. The van der Waals surface area contributed by atoms with Crippen LogP contribution in [0.25, 0.3) is 0 Å². The second-order valence-corrected chi connectivity index (χ2v) is 5.99. The molecule has 0 bridgehead atoms. The first-order valence-corrected chi connectivity index (χ1v) is 7.71. The third-order valence-electron chi connectivity index (χ3n) is 3.43. The summed E-state index contributed by atoms with van der Waals surface area (Å²) >= 11 is 0. The van der Waals surface area contributed by atoms with E-state index >= 15 is 0 Å². The van der Waals surface area contributed by atoms with Crippen molar-refractivity contribution >= 4 is 5.69 Å². The highest BCUT2D eigenvalue weighted by Crippen LogP contribution is 2.34. The Balaban J connectivity index is 2.45. The zero-order chi connectivity index (χ0) is 17.9. The molecule has 0 fully saturated rings. The van der Waals surface area contributed by atoms with Crippen LogP contribution in [0.4, 0.5) is 5.69 Å². The molecule has 0 amide bonds. The molecule has 0 spiro atoms. The molecule has 0 aliphatic carbocycles. The van der Waals surface area contributed by atoms with Gasteiger partial charge in [-0.2, -0.15) is 4.98 Å². The lowest BCUT2D eigenvalue weighted by molar-refractivity contribution is -0.385. The highest BCUT2D eigenvalue weighted by molar-refractivity contribution is 5.52. The number of nitrogens with zero attached hydrogens (tertiary/aromatic N) is 3. The van der Waals surface area contributed by atoms with Crippen LogP contribution in [0.1, 0.15) is 51.0 Å². The number of hydrogen-bond donors (Lipinski definition) is 0. The van der Waals surface area contributed by atoms with Crippen molar-refractivity contribution in [3.63, 3.8) is 0 Å². The second kappa shape index (κ2) is 7.25. The maximum atomic E-state index is 11.3. The van der Waals surface area contributed by atoms with Gasteiger partial charge in [0.2, 0.25) is 11.6 Å². The molecule has 2 aromatic rings. The molecule has 0 N–H and O–H groups in total. The SMILES string of the molecule is COc1ccc(Oc2cc(C(C)C)nc(C(C)C)n2)c([N+](=O)[O-])c1. The van der Waals surface area contributed by atoms with Gasteiger partial charge in [0.1, 0.15) is 11.6 Å². The van der Waals surface area contributed by atoms with Crippen molar-refractivity contribution in [3.05, 3.63) is 45.9 Å². The minimum atomic E-state index is -0.508. The molecule has 7 nitrogen and oxygen atoms in total. The van der Waals surface area contributed by atoms with E-state index in [-0.39, 0.29) is 23.3 Å². The standard InChI is InChI=1S/C17H21N3O4/c1-10(2)13-9-16(19-17(18-13)11(3)4)24-15-7-6-12(23-5)8-14(15)20(21)22/h6-11H,1-5H3. The van der Waals surface area contributed by atoms with E-state index in [0.29, 0.717) is 17.5 Å². The minimum Gasteiger partial charge on any atom is -0.496 e. The Labute approximate surface area is 140 Å². The molecular formula is C17H21N3O4. The van der Waals surface area contributed by atoms with Gasteiger partial charge in [-0.25, -0.2) is 4.98 Å². The summed E-state index contributed by atoms with van der Waals surface area (Å²) in [5.41, 5.74) is 0.657. The molecule has 128 valence electrons. The quantitative estimate of drug-likeness (QED) is 0.574. The average Bonchev–Trinajstić information content (AvgIpc) is 2.54. The number of hydrogen-bond acceptors (Lipinski definition) is 6. The first-order chi connectivity index (χ1) is 11.3. The Bertz CT molecular complexity index is 718. The van der Waals surface area contributed by atoms with Crippen LogP contribution < -0.4 is 9.47 Å². The average molecular weight is 331 g/mol. The predicted molar refractivity (Wildman–Crippen MR) is 89.9 cm³/mol. The normalized spacial score (nSPS) is 11.0. The first-order valence-electron chi connectivity index (χ1n) is 7.71. The molecule has 1 aromatic heterocycles. The van der Waals surface area contributed by atoms with E-state index in [9.17, 15) is 10.1 Å². The van der Waals surface area contributed by atoms with Gasteiger partial charge in [-0.15, -0.1) is 0 Å². The molecule has 0 atom stereocenters. The summed E-state index contributed by atoms with van der Waals surface area (Å²) < 4.78 is 10.7. The molecule has 1 aromatic carbocycles. The predicted octanol–water partition coefficient (Wildman–Crippen LogP) is 4.43. The molecule has 7 heteroatoms. The van der Waals surface area contributed by atoms with E-state index < -0.39 is 4.92 Å². The summed E-state index contributed by atoms with van der Waals surface area (Å²) in [5, 5.41) is 11.3. The van der Waals surface area contributed by atoms with E-state index in [1.165, 1.54) is 19.2 Å². The Morgan fingerprint density at radius 2 is 1.79 bits per heavy atom. The van der Waals surface area contributed by atoms with Crippen LogP contribution in [0, 0.1) is 10.1 Å². The molecule has 0 radical (unpaired) electrons. The lowest BCUT2D eigenvalue weighted by Gasteiger charge is -2.13. The summed E-state index contributed by atoms with van der Waals surface area (Å²) in [6, 6.07) is 6.15. The van der Waals surface area contributed by atoms with Crippen LogP contribution in [-0.4, -0.2) is 22.0 Å². The van der Waals surface area contributed by atoms with Crippen LogP contribution in [0.2, 0.25) is 0 Å². The van der Waals surface area contributed by atoms with Gasteiger partial charge < -0.3 is 9.47 Å². The fourth-order valence-electron chi connectivity index (χ4n) is 2.03.